The van der Waals surface area contributed by atoms with Gasteiger partial charge in [0.1, 0.15) is 6.54 Å². The quantitative estimate of drug-likeness (QED) is 0.681. The lowest BCUT2D eigenvalue weighted by Crippen LogP contribution is -2.45. The predicted octanol–water partition coefficient (Wildman–Crippen LogP) is 5.27. The molecule has 0 saturated carbocycles. The molecule has 1 aliphatic rings. The van der Waals surface area contributed by atoms with Crippen molar-refractivity contribution in [1.29, 1.82) is 0 Å². The number of benzene rings is 2. The topological polar surface area (TPSA) is 61.8 Å². The summed E-state index contributed by atoms with van der Waals surface area (Å²) in [6, 6.07) is 14.2. The molecule has 2 aromatic carbocycles. The van der Waals surface area contributed by atoms with Gasteiger partial charge < -0.3 is 5.32 Å². The van der Waals surface area contributed by atoms with Crippen molar-refractivity contribution in [3.05, 3.63) is 64.1 Å². The van der Waals surface area contributed by atoms with E-state index < -0.39 is 10.8 Å². The largest absolute Gasteiger partial charge is 0.324 e. The van der Waals surface area contributed by atoms with Crippen LogP contribution in [0.15, 0.2) is 53.6 Å². The number of nitrogens with one attached hydrogen (secondary N) is 1. The Hall–Kier alpha value is -2.37. The normalized spacial score (nSPS) is 18.9. The van der Waals surface area contributed by atoms with Crippen LogP contribution in [0.5, 0.6) is 0 Å². The average Bonchev–Trinajstić information content (AvgIpc) is 3.00. The predicted molar refractivity (Wildman–Crippen MR) is 122 cm³/mol. The maximum atomic E-state index is 13.3. The van der Waals surface area contributed by atoms with Gasteiger partial charge in [0.15, 0.2) is 5.78 Å². The second-order valence-corrected chi connectivity index (χ2v) is 9.62. The van der Waals surface area contributed by atoms with Gasteiger partial charge >= 0.3 is 0 Å². The lowest BCUT2D eigenvalue weighted by Gasteiger charge is -2.31. The number of halogens is 2. The summed E-state index contributed by atoms with van der Waals surface area (Å²) in [7, 11) is 0. The van der Waals surface area contributed by atoms with Crippen molar-refractivity contribution >= 4 is 46.3 Å². The minimum Gasteiger partial charge on any atom is -0.324 e. The number of Topliss-reactive ketones (excluding diaryl/α,β-unsaturated/α-hetero) is 1. The van der Waals surface area contributed by atoms with Gasteiger partial charge in [-0.3, -0.25) is 14.6 Å². The molecule has 1 amide bonds. The summed E-state index contributed by atoms with van der Waals surface area (Å²) < 4.78 is 0. The molecule has 0 bridgehead atoms. The van der Waals surface area contributed by atoms with Gasteiger partial charge in [-0.2, -0.15) is 5.10 Å². The maximum Gasteiger partial charge on any atom is 0.245 e. The fraction of sp³-hybridized carbons (Fsp3) is 0.348. The molecule has 2 aromatic rings. The molecule has 3 rings (SSSR count). The number of hydrogen-bond donors (Lipinski definition) is 1. The average molecular weight is 446 g/mol. The second kappa shape index (κ2) is 8.40. The van der Waals surface area contributed by atoms with Crippen molar-refractivity contribution < 1.29 is 9.59 Å². The Morgan fingerprint density at radius 1 is 1.03 bits per heavy atom. The molecule has 158 valence electrons. The summed E-state index contributed by atoms with van der Waals surface area (Å²) >= 11 is 11.9. The first-order chi connectivity index (χ1) is 14.0. The lowest BCUT2D eigenvalue weighted by molar-refractivity contribution is -0.133. The highest BCUT2D eigenvalue weighted by Gasteiger charge is 2.49. The fourth-order valence-electron chi connectivity index (χ4n) is 3.71. The number of anilines is 1. The van der Waals surface area contributed by atoms with Crippen molar-refractivity contribution in [3.63, 3.8) is 0 Å². The van der Waals surface area contributed by atoms with Gasteiger partial charge in [0, 0.05) is 21.1 Å². The zero-order valence-electron chi connectivity index (χ0n) is 17.5. The number of carbonyl (C=O) groups excluding carboxylic acids is 2. The Bertz CT molecular complexity index is 979. The first-order valence-corrected chi connectivity index (χ1v) is 10.4. The smallest absolute Gasteiger partial charge is 0.245 e. The molecule has 7 heteroatoms. The van der Waals surface area contributed by atoms with Crippen LogP contribution in [0.4, 0.5) is 5.69 Å². The molecule has 0 fully saturated rings. The number of carbonyl (C=O) groups is 2. The third-order valence-electron chi connectivity index (χ3n) is 5.02. The van der Waals surface area contributed by atoms with Gasteiger partial charge in [-0.05, 0) is 48.9 Å². The third kappa shape index (κ3) is 4.85. The molecule has 1 N–H and O–H groups in total. The molecular formula is C23H25Cl2N3O2. The monoisotopic (exact) mass is 445 g/mol. The lowest BCUT2D eigenvalue weighted by atomic mass is 9.69. The molecule has 0 spiro atoms. The maximum absolute atomic E-state index is 13.3. The molecule has 1 unspecified atom stereocenters. The van der Waals surface area contributed by atoms with E-state index in [-0.39, 0.29) is 18.2 Å². The minimum atomic E-state index is -0.841. The van der Waals surface area contributed by atoms with Crippen LogP contribution in [0.3, 0.4) is 0 Å². The fourth-order valence-corrected chi connectivity index (χ4v) is 3.96. The van der Waals surface area contributed by atoms with Crippen LogP contribution in [-0.4, -0.2) is 35.5 Å². The van der Waals surface area contributed by atoms with E-state index in [1.54, 1.807) is 41.4 Å². The minimum absolute atomic E-state index is 0.0345. The molecule has 1 atom stereocenters. The van der Waals surface area contributed by atoms with E-state index in [1.807, 2.05) is 39.8 Å². The van der Waals surface area contributed by atoms with Crippen molar-refractivity contribution in [3.8, 4) is 0 Å². The third-order valence-corrected chi connectivity index (χ3v) is 5.52. The van der Waals surface area contributed by atoms with Gasteiger partial charge in [-0.1, -0.05) is 56.1 Å². The number of ketones is 1. The molecule has 1 aliphatic heterocycles. The summed E-state index contributed by atoms with van der Waals surface area (Å²) in [5.74, 6) is -0.145. The highest BCUT2D eigenvalue weighted by molar-refractivity contribution is 6.31. The van der Waals surface area contributed by atoms with Crippen molar-refractivity contribution in [2.24, 2.45) is 15.9 Å². The first-order valence-electron chi connectivity index (χ1n) is 9.69. The van der Waals surface area contributed by atoms with E-state index in [9.17, 15) is 9.59 Å². The van der Waals surface area contributed by atoms with Crippen molar-refractivity contribution in [2.45, 2.75) is 27.7 Å². The van der Waals surface area contributed by atoms with Crippen molar-refractivity contribution in [1.82, 2.24) is 5.01 Å². The number of amides is 1. The molecule has 0 saturated heterocycles. The highest BCUT2D eigenvalue weighted by atomic mass is 35.5. The summed E-state index contributed by atoms with van der Waals surface area (Å²) in [5, 5.41) is 10.4. The van der Waals surface area contributed by atoms with Gasteiger partial charge in [-0.15, -0.1) is 0 Å². The molecular weight excluding hydrogens is 421 g/mol. The standard InChI is InChI=1S/C23H25Cl2N3O2/c1-22(2,3)21(30)23(4)14-28(27-20(23)15-5-7-16(24)8-6-15)13-19(29)26-18-11-9-17(25)10-12-18/h5-12H,13-14H2,1-4H3,(H,26,29). The Morgan fingerprint density at radius 2 is 1.57 bits per heavy atom. The van der Waals surface area contributed by atoms with Gasteiger partial charge in [-0.25, -0.2) is 0 Å². The van der Waals surface area contributed by atoms with Crippen LogP contribution in [0.25, 0.3) is 0 Å². The van der Waals surface area contributed by atoms with E-state index in [0.717, 1.165) is 5.56 Å². The second-order valence-electron chi connectivity index (χ2n) is 8.74. The van der Waals surface area contributed by atoms with Gasteiger partial charge in [0.05, 0.1) is 17.7 Å². The number of rotatable bonds is 5. The van der Waals surface area contributed by atoms with Gasteiger partial charge in [0.2, 0.25) is 5.91 Å². The molecule has 30 heavy (non-hydrogen) atoms. The van der Waals surface area contributed by atoms with Gasteiger partial charge in [0.25, 0.3) is 0 Å². The molecule has 0 aliphatic carbocycles. The van der Waals surface area contributed by atoms with Crippen LogP contribution in [0.1, 0.15) is 33.3 Å². The Kier molecular flexibility index (Phi) is 6.25. The zero-order chi connectivity index (χ0) is 22.1. The number of hydrazone groups is 1. The summed E-state index contributed by atoms with van der Waals surface area (Å²) in [5.41, 5.74) is 0.730. The van der Waals surface area contributed by atoms with E-state index in [2.05, 4.69) is 10.4 Å². The van der Waals surface area contributed by atoms with Crippen LogP contribution < -0.4 is 5.32 Å². The Balaban J connectivity index is 1.85. The Labute approximate surface area is 187 Å². The first kappa shape index (κ1) is 22.3. The number of hydrogen-bond acceptors (Lipinski definition) is 4. The summed E-state index contributed by atoms with van der Waals surface area (Å²) in [4.78, 5) is 25.9. The molecule has 0 aromatic heterocycles. The Morgan fingerprint density at radius 3 is 2.10 bits per heavy atom. The summed E-state index contributed by atoms with van der Waals surface area (Å²) in [6.45, 7) is 7.95. The molecule has 0 radical (unpaired) electrons. The van der Waals surface area contributed by atoms with Crippen LogP contribution >= 0.6 is 23.2 Å². The van der Waals surface area contributed by atoms with E-state index in [0.29, 0.717) is 28.0 Å². The molecule has 5 nitrogen and oxygen atoms in total. The van der Waals surface area contributed by atoms with E-state index in [1.165, 1.54) is 0 Å². The summed E-state index contributed by atoms with van der Waals surface area (Å²) in [6.07, 6.45) is 0. The zero-order valence-corrected chi connectivity index (χ0v) is 19.0. The highest BCUT2D eigenvalue weighted by Crippen LogP contribution is 2.38. The van der Waals surface area contributed by atoms with Crippen molar-refractivity contribution in [2.75, 3.05) is 18.4 Å². The number of nitrogens with zero attached hydrogens (tertiary/aromatic N) is 2. The SMILES string of the molecule is CC(C)(C)C(=O)C1(C)CN(CC(=O)Nc2ccc(Cl)cc2)N=C1c1ccc(Cl)cc1. The van der Waals surface area contributed by atoms with Crippen LogP contribution in [0, 0.1) is 10.8 Å². The van der Waals surface area contributed by atoms with Crippen LogP contribution in [0.2, 0.25) is 10.0 Å². The van der Waals surface area contributed by atoms with E-state index in [4.69, 9.17) is 23.2 Å². The van der Waals surface area contributed by atoms with E-state index >= 15 is 0 Å². The molecule has 1 heterocycles. The van der Waals surface area contributed by atoms with Crippen LogP contribution in [-0.2, 0) is 9.59 Å².